The normalized spacial score (nSPS) is 22.7. The van der Waals surface area contributed by atoms with Crippen molar-refractivity contribution in [3.05, 3.63) is 35.1 Å². The lowest BCUT2D eigenvalue weighted by Gasteiger charge is -2.33. The predicted octanol–water partition coefficient (Wildman–Crippen LogP) is 2.33. The highest BCUT2D eigenvalue weighted by atomic mass is 19.2. The van der Waals surface area contributed by atoms with E-state index in [0.29, 0.717) is 5.92 Å². The smallest absolute Gasteiger partial charge is 0.251 e. The topological polar surface area (TPSA) is 41.6 Å². The molecule has 2 aliphatic rings. The first kappa shape index (κ1) is 17.2. The summed E-state index contributed by atoms with van der Waals surface area (Å²) >= 11 is 0. The van der Waals surface area contributed by atoms with Crippen LogP contribution in [0, 0.1) is 23.4 Å². The summed E-state index contributed by atoms with van der Waals surface area (Å²) in [7, 11) is 0. The van der Waals surface area contributed by atoms with Crippen molar-refractivity contribution in [2.75, 3.05) is 32.8 Å². The Morgan fingerprint density at radius 2 is 1.83 bits per heavy atom. The van der Waals surface area contributed by atoms with Crippen LogP contribution in [-0.4, -0.2) is 49.7 Å². The molecular formula is C17H21F3N2O2. The zero-order valence-corrected chi connectivity index (χ0v) is 13.4. The fraction of sp³-hybridized carbons (Fsp3) is 0.588. The molecule has 0 aromatic heterocycles. The molecule has 1 N–H and O–H groups in total. The molecule has 4 nitrogen and oxygen atoms in total. The molecule has 0 spiro atoms. The summed E-state index contributed by atoms with van der Waals surface area (Å²) in [5, 5.41) is 2.78. The molecule has 24 heavy (non-hydrogen) atoms. The molecule has 2 saturated heterocycles. The van der Waals surface area contributed by atoms with Crippen molar-refractivity contribution in [2.45, 2.75) is 25.3 Å². The van der Waals surface area contributed by atoms with Gasteiger partial charge in [0, 0.05) is 37.8 Å². The summed E-state index contributed by atoms with van der Waals surface area (Å²) in [6.07, 6.45) is 2.66. The van der Waals surface area contributed by atoms with Gasteiger partial charge in [-0.3, -0.25) is 4.79 Å². The van der Waals surface area contributed by atoms with E-state index in [1.807, 2.05) is 0 Å². The maximum Gasteiger partial charge on any atom is 0.251 e. The highest BCUT2D eigenvalue weighted by Gasteiger charge is 2.25. The maximum atomic E-state index is 13.2. The van der Waals surface area contributed by atoms with Crippen LogP contribution in [0.3, 0.4) is 0 Å². The molecule has 1 aromatic carbocycles. The number of nitrogens with one attached hydrogen (secondary N) is 1. The first-order chi connectivity index (χ1) is 11.5. The summed E-state index contributed by atoms with van der Waals surface area (Å²) < 4.78 is 44.7. The Balaban J connectivity index is 1.49. The maximum absolute atomic E-state index is 13.2. The third kappa shape index (κ3) is 4.08. The number of benzene rings is 1. The van der Waals surface area contributed by atoms with Crippen LogP contribution in [0.15, 0.2) is 12.1 Å². The molecule has 0 radical (unpaired) electrons. The van der Waals surface area contributed by atoms with E-state index in [2.05, 4.69) is 10.2 Å². The Hall–Kier alpha value is -1.60. The van der Waals surface area contributed by atoms with E-state index < -0.39 is 23.4 Å². The number of rotatable bonds is 4. The Labute approximate surface area is 139 Å². The standard InChI is InChI=1S/C17H21F3N2O2/c18-14-7-12(8-15(19)16(14)20)17(23)21-13-1-4-22(5-2-13)9-11-3-6-24-10-11/h7-8,11,13H,1-6,9-10H2,(H,21,23)/t11-/m1/s1. The fourth-order valence-electron chi connectivity index (χ4n) is 3.31. The summed E-state index contributed by atoms with van der Waals surface area (Å²) in [5.41, 5.74) is -0.197. The van der Waals surface area contributed by atoms with Crippen LogP contribution in [0.2, 0.25) is 0 Å². The third-order valence-corrected chi connectivity index (χ3v) is 4.71. The lowest BCUT2D eigenvalue weighted by molar-refractivity contribution is 0.0902. The van der Waals surface area contributed by atoms with E-state index in [0.717, 1.165) is 64.2 Å². The van der Waals surface area contributed by atoms with Gasteiger partial charge in [-0.15, -0.1) is 0 Å². The molecule has 1 amide bonds. The SMILES string of the molecule is O=C(NC1CCN(C[C@H]2CCOC2)CC1)c1cc(F)c(F)c(F)c1. The average molecular weight is 342 g/mol. The summed E-state index contributed by atoms with van der Waals surface area (Å²) in [5.74, 6) is -4.25. The number of hydrogen-bond donors (Lipinski definition) is 1. The van der Waals surface area contributed by atoms with Gasteiger partial charge >= 0.3 is 0 Å². The van der Waals surface area contributed by atoms with Crippen molar-refractivity contribution in [3.8, 4) is 0 Å². The number of piperidine rings is 1. The Morgan fingerprint density at radius 1 is 1.17 bits per heavy atom. The van der Waals surface area contributed by atoms with Crippen LogP contribution in [-0.2, 0) is 4.74 Å². The Morgan fingerprint density at radius 3 is 2.42 bits per heavy atom. The average Bonchev–Trinajstić information content (AvgIpc) is 3.07. The number of hydrogen-bond acceptors (Lipinski definition) is 3. The molecular weight excluding hydrogens is 321 g/mol. The van der Waals surface area contributed by atoms with E-state index in [1.165, 1.54) is 0 Å². The number of carbonyl (C=O) groups is 1. The van der Waals surface area contributed by atoms with Gasteiger partial charge < -0.3 is 15.0 Å². The third-order valence-electron chi connectivity index (χ3n) is 4.71. The van der Waals surface area contributed by atoms with Gasteiger partial charge in [-0.25, -0.2) is 13.2 Å². The van der Waals surface area contributed by atoms with Gasteiger partial charge in [0.1, 0.15) is 0 Å². The number of ether oxygens (including phenoxy) is 1. The number of likely N-dealkylation sites (tertiary alicyclic amines) is 1. The summed E-state index contributed by atoms with van der Waals surface area (Å²) in [6, 6.07) is 1.41. The second-order valence-electron chi connectivity index (χ2n) is 6.53. The molecule has 0 aliphatic carbocycles. The van der Waals surface area contributed by atoms with Crippen LogP contribution in [0.5, 0.6) is 0 Å². The Bertz CT molecular complexity index is 574. The van der Waals surface area contributed by atoms with E-state index in [4.69, 9.17) is 4.74 Å². The zero-order chi connectivity index (χ0) is 17.1. The first-order valence-corrected chi connectivity index (χ1v) is 8.28. The van der Waals surface area contributed by atoms with E-state index in [1.54, 1.807) is 0 Å². The summed E-state index contributed by atoms with van der Waals surface area (Å²) in [4.78, 5) is 14.5. The van der Waals surface area contributed by atoms with Gasteiger partial charge in [-0.05, 0) is 37.3 Å². The van der Waals surface area contributed by atoms with Crippen LogP contribution < -0.4 is 5.32 Å². The van der Waals surface area contributed by atoms with Gasteiger partial charge in [0.05, 0.1) is 6.61 Å². The van der Waals surface area contributed by atoms with Crippen LogP contribution in [0.25, 0.3) is 0 Å². The molecule has 2 heterocycles. The van der Waals surface area contributed by atoms with Gasteiger partial charge in [-0.1, -0.05) is 0 Å². The lowest BCUT2D eigenvalue weighted by Crippen LogP contribution is -2.45. The van der Waals surface area contributed by atoms with Gasteiger partial charge in [0.2, 0.25) is 0 Å². The molecule has 2 fully saturated rings. The van der Waals surface area contributed by atoms with Crippen molar-refractivity contribution in [1.82, 2.24) is 10.2 Å². The highest BCUT2D eigenvalue weighted by Crippen LogP contribution is 2.18. The van der Waals surface area contributed by atoms with Gasteiger partial charge in [0.25, 0.3) is 5.91 Å². The minimum absolute atomic E-state index is 0.0373. The second-order valence-corrected chi connectivity index (χ2v) is 6.53. The molecule has 0 saturated carbocycles. The largest absolute Gasteiger partial charge is 0.381 e. The predicted molar refractivity (Wildman–Crippen MR) is 82.2 cm³/mol. The molecule has 132 valence electrons. The Kier molecular flexibility index (Phi) is 5.40. The highest BCUT2D eigenvalue weighted by molar-refractivity contribution is 5.94. The zero-order valence-electron chi connectivity index (χ0n) is 13.4. The van der Waals surface area contributed by atoms with Crippen LogP contribution in [0.1, 0.15) is 29.6 Å². The molecule has 0 unspecified atom stereocenters. The molecule has 1 atom stereocenters. The van der Waals surface area contributed by atoms with Crippen molar-refractivity contribution in [2.24, 2.45) is 5.92 Å². The van der Waals surface area contributed by atoms with Crippen molar-refractivity contribution < 1.29 is 22.7 Å². The molecule has 7 heteroatoms. The van der Waals surface area contributed by atoms with Crippen molar-refractivity contribution >= 4 is 5.91 Å². The first-order valence-electron chi connectivity index (χ1n) is 8.28. The van der Waals surface area contributed by atoms with E-state index in [9.17, 15) is 18.0 Å². The van der Waals surface area contributed by atoms with Gasteiger partial charge in [-0.2, -0.15) is 0 Å². The van der Waals surface area contributed by atoms with Crippen molar-refractivity contribution in [3.63, 3.8) is 0 Å². The van der Waals surface area contributed by atoms with Gasteiger partial charge in [0.15, 0.2) is 17.5 Å². The van der Waals surface area contributed by atoms with Crippen LogP contribution >= 0.6 is 0 Å². The molecule has 2 aliphatic heterocycles. The summed E-state index contributed by atoms with van der Waals surface area (Å²) in [6.45, 7) is 4.40. The second kappa shape index (κ2) is 7.53. The molecule has 3 rings (SSSR count). The molecule has 1 aromatic rings. The number of amides is 1. The van der Waals surface area contributed by atoms with Crippen LogP contribution in [0.4, 0.5) is 13.2 Å². The lowest BCUT2D eigenvalue weighted by atomic mass is 10.0. The quantitative estimate of drug-likeness (QED) is 0.854. The molecule has 0 bridgehead atoms. The van der Waals surface area contributed by atoms with E-state index in [-0.39, 0.29) is 11.6 Å². The number of nitrogens with zero attached hydrogens (tertiary/aromatic N) is 1. The fourth-order valence-corrected chi connectivity index (χ4v) is 3.31. The monoisotopic (exact) mass is 342 g/mol. The minimum atomic E-state index is -1.56. The van der Waals surface area contributed by atoms with Crippen molar-refractivity contribution in [1.29, 1.82) is 0 Å². The van der Waals surface area contributed by atoms with E-state index >= 15 is 0 Å². The minimum Gasteiger partial charge on any atom is -0.381 e. The number of carbonyl (C=O) groups excluding carboxylic acids is 1. The number of halogens is 3.